The predicted molar refractivity (Wildman–Crippen MR) is 92.8 cm³/mol. The minimum Gasteiger partial charge on any atom is -0.481 e. The summed E-state index contributed by atoms with van der Waals surface area (Å²) in [6.45, 7) is 8.16. The summed E-state index contributed by atoms with van der Waals surface area (Å²) in [5.74, 6) is -0.886. The quantitative estimate of drug-likeness (QED) is 0.634. The van der Waals surface area contributed by atoms with Crippen LogP contribution in [0.5, 0.6) is 0 Å². The summed E-state index contributed by atoms with van der Waals surface area (Å²) < 4.78 is 18.3. The lowest BCUT2D eigenvalue weighted by Crippen LogP contribution is -2.20. The molecule has 0 saturated carbocycles. The number of carboxylic acids is 1. The van der Waals surface area contributed by atoms with Gasteiger partial charge in [0.05, 0.1) is 12.9 Å². The Balaban J connectivity index is 3.08. The normalized spacial score (nSPS) is 16.5. The molecule has 23 heavy (non-hydrogen) atoms. The van der Waals surface area contributed by atoms with Gasteiger partial charge < -0.3 is 15.4 Å². The zero-order valence-corrected chi connectivity index (χ0v) is 14.8. The Morgan fingerprint density at radius 3 is 2.61 bits per heavy atom. The van der Waals surface area contributed by atoms with Crippen molar-refractivity contribution in [1.82, 2.24) is 0 Å². The third-order valence-electron chi connectivity index (χ3n) is 4.07. The molecule has 0 heterocycles. The molecule has 3 atom stereocenters. The number of benzene rings is 1. The SMILES string of the molecule is [CH2]c1ccccc1C(CP(=O)(CN)OCC)C(C)CCC(=O)O. The van der Waals surface area contributed by atoms with Gasteiger partial charge in [-0.3, -0.25) is 9.36 Å². The molecule has 0 aromatic heterocycles. The second-order valence-electron chi connectivity index (χ2n) is 5.81. The fourth-order valence-corrected chi connectivity index (χ4v) is 4.73. The van der Waals surface area contributed by atoms with E-state index in [4.69, 9.17) is 15.4 Å². The van der Waals surface area contributed by atoms with Crippen LogP contribution in [0.3, 0.4) is 0 Å². The lowest BCUT2D eigenvalue weighted by atomic mass is 9.84. The molecule has 0 aliphatic heterocycles. The predicted octanol–water partition coefficient (Wildman–Crippen LogP) is 3.68. The molecule has 0 aliphatic carbocycles. The van der Waals surface area contributed by atoms with E-state index in [2.05, 4.69) is 6.92 Å². The molecule has 1 aromatic rings. The van der Waals surface area contributed by atoms with Crippen LogP contribution in [0.25, 0.3) is 0 Å². The monoisotopic (exact) mass is 340 g/mol. The molecule has 0 spiro atoms. The molecular formula is C17H27NO4P. The van der Waals surface area contributed by atoms with E-state index in [9.17, 15) is 9.36 Å². The Labute approximate surface area is 138 Å². The van der Waals surface area contributed by atoms with Gasteiger partial charge in [0.2, 0.25) is 7.37 Å². The van der Waals surface area contributed by atoms with Crippen molar-refractivity contribution in [3.05, 3.63) is 42.3 Å². The van der Waals surface area contributed by atoms with Gasteiger partial charge >= 0.3 is 5.97 Å². The van der Waals surface area contributed by atoms with Crippen molar-refractivity contribution in [1.29, 1.82) is 0 Å². The van der Waals surface area contributed by atoms with Crippen LogP contribution in [-0.2, 0) is 13.9 Å². The fraction of sp³-hybridized carbons (Fsp3) is 0.529. The maximum Gasteiger partial charge on any atom is 0.303 e. The van der Waals surface area contributed by atoms with Crippen molar-refractivity contribution in [2.75, 3.05) is 19.1 Å². The zero-order chi connectivity index (χ0) is 17.5. The number of carbonyl (C=O) groups is 1. The van der Waals surface area contributed by atoms with Gasteiger partial charge in [0, 0.05) is 12.6 Å². The number of aliphatic carboxylic acids is 1. The Kier molecular flexibility index (Phi) is 7.97. The van der Waals surface area contributed by atoms with Crippen molar-refractivity contribution in [3.8, 4) is 0 Å². The highest BCUT2D eigenvalue weighted by Gasteiger charge is 2.31. The molecule has 1 radical (unpaired) electrons. The van der Waals surface area contributed by atoms with E-state index in [1.807, 2.05) is 31.2 Å². The third kappa shape index (κ3) is 6.09. The third-order valence-corrected chi connectivity index (χ3v) is 6.31. The molecule has 0 bridgehead atoms. The Morgan fingerprint density at radius 1 is 1.43 bits per heavy atom. The standard InChI is InChI=1S/C17H27NO4P/c1-4-22-23(21,12-18)11-16(14(3)9-10-17(19)20)15-8-6-5-7-13(15)2/h5-8,14,16H,2,4,9-12,18H2,1,3H3,(H,19,20). The summed E-state index contributed by atoms with van der Waals surface area (Å²) in [4.78, 5) is 10.9. The highest BCUT2D eigenvalue weighted by atomic mass is 31.2. The van der Waals surface area contributed by atoms with Crippen LogP contribution in [0.2, 0.25) is 0 Å². The van der Waals surface area contributed by atoms with E-state index in [0.29, 0.717) is 19.2 Å². The number of hydrogen-bond donors (Lipinski definition) is 2. The molecule has 1 rings (SSSR count). The molecule has 129 valence electrons. The number of hydrogen-bond acceptors (Lipinski definition) is 4. The maximum absolute atomic E-state index is 12.8. The molecule has 5 nitrogen and oxygen atoms in total. The summed E-state index contributed by atoms with van der Waals surface area (Å²) >= 11 is 0. The van der Waals surface area contributed by atoms with Crippen molar-refractivity contribution >= 4 is 13.3 Å². The molecule has 0 saturated heterocycles. The Bertz CT molecular complexity index is 561. The molecular weight excluding hydrogens is 313 g/mol. The van der Waals surface area contributed by atoms with Gasteiger partial charge in [-0.05, 0) is 43.2 Å². The summed E-state index contributed by atoms with van der Waals surface area (Å²) in [5.41, 5.74) is 7.53. The average Bonchev–Trinajstić information content (AvgIpc) is 2.51. The Hall–Kier alpha value is -1.16. The van der Waals surface area contributed by atoms with Crippen LogP contribution in [0.15, 0.2) is 24.3 Å². The van der Waals surface area contributed by atoms with E-state index in [0.717, 1.165) is 11.1 Å². The van der Waals surface area contributed by atoms with E-state index in [1.165, 1.54) is 0 Å². The van der Waals surface area contributed by atoms with Crippen molar-refractivity contribution in [2.45, 2.75) is 32.6 Å². The zero-order valence-electron chi connectivity index (χ0n) is 13.9. The summed E-state index contributed by atoms with van der Waals surface area (Å²) in [5, 5.41) is 8.92. The largest absolute Gasteiger partial charge is 0.481 e. The van der Waals surface area contributed by atoms with Gasteiger partial charge in [-0.2, -0.15) is 0 Å². The van der Waals surface area contributed by atoms with E-state index < -0.39 is 13.3 Å². The molecule has 0 aliphatic rings. The molecule has 6 heteroatoms. The van der Waals surface area contributed by atoms with Crippen LogP contribution in [-0.4, -0.2) is 30.1 Å². The van der Waals surface area contributed by atoms with Gasteiger partial charge in [-0.1, -0.05) is 31.2 Å². The van der Waals surface area contributed by atoms with E-state index in [1.54, 1.807) is 6.92 Å². The molecule has 0 fully saturated rings. The minimum atomic E-state index is -2.94. The molecule has 3 unspecified atom stereocenters. The van der Waals surface area contributed by atoms with Gasteiger partial charge in [0.1, 0.15) is 0 Å². The van der Waals surface area contributed by atoms with Crippen LogP contribution in [0.4, 0.5) is 0 Å². The van der Waals surface area contributed by atoms with Crippen molar-refractivity contribution in [2.24, 2.45) is 11.7 Å². The average molecular weight is 340 g/mol. The first-order valence-corrected chi connectivity index (χ1v) is 9.87. The minimum absolute atomic E-state index is 0.0116. The second kappa shape index (κ2) is 9.21. The first-order chi connectivity index (χ1) is 10.8. The summed E-state index contributed by atoms with van der Waals surface area (Å²) in [6.07, 6.45) is 0.885. The second-order valence-corrected chi connectivity index (χ2v) is 8.43. The van der Waals surface area contributed by atoms with Gasteiger partial charge in [-0.15, -0.1) is 0 Å². The molecule has 0 amide bonds. The summed E-state index contributed by atoms with van der Waals surface area (Å²) in [7, 11) is -2.94. The molecule has 1 aromatic carbocycles. The fourth-order valence-electron chi connectivity index (χ4n) is 2.75. The lowest BCUT2D eigenvalue weighted by Gasteiger charge is -2.29. The smallest absolute Gasteiger partial charge is 0.303 e. The van der Waals surface area contributed by atoms with E-state index >= 15 is 0 Å². The topological polar surface area (TPSA) is 89.6 Å². The number of rotatable bonds is 10. The van der Waals surface area contributed by atoms with E-state index in [-0.39, 0.29) is 24.5 Å². The van der Waals surface area contributed by atoms with Gasteiger partial charge in [0.25, 0.3) is 0 Å². The summed E-state index contributed by atoms with van der Waals surface area (Å²) in [6, 6.07) is 7.67. The van der Waals surface area contributed by atoms with Gasteiger partial charge in [0.15, 0.2) is 0 Å². The highest BCUT2D eigenvalue weighted by molar-refractivity contribution is 7.58. The van der Waals surface area contributed by atoms with Crippen molar-refractivity contribution in [3.63, 3.8) is 0 Å². The first kappa shape index (κ1) is 19.9. The first-order valence-electron chi connectivity index (χ1n) is 7.88. The van der Waals surface area contributed by atoms with Crippen LogP contribution in [0.1, 0.15) is 43.7 Å². The number of nitrogens with two attached hydrogens (primary N) is 1. The lowest BCUT2D eigenvalue weighted by molar-refractivity contribution is -0.137. The molecule has 3 N–H and O–H groups in total. The number of carboxylic acid groups (broad SMARTS) is 1. The Morgan fingerprint density at radius 2 is 2.09 bits per heavy atom. The maximum atomic E-state index is 12.8. The van der Waals surface area contributed by atoms with Gasteiger partial charge in [-0.25, -0.2) is 0 Å². The van der Waals surface area contributed by atoms with Crippen molar-refractivity contribution < 1.29 is 19.0 Å². The van der Waals surface area contributed by atoms with Crippen LogP contribution >= 0.6 is 7.37 Å². The highest BCUT2D eigenvalue weighted by Crippen LogP contribution is 2.51. The van der Waals surface area contributed by atoms with Crippen LogP contribution in [0, 0.1) is 12.8 Å². The van der Waals surface area contributed by atoms with Crippen LogP contribution < -0.4 is 5.73 Å².